The molecule has 0 saturated carbocycles. The van der Waals surface area contributed by atoms with Crippen LogP contribution in [0.25, 0.3) is 6.08 Å². The standard InChI is InChI=1S/C33H31ClN2O5S2/c1-5-11-22-16-21(17-25(39-6-2)30(22)41-19-23-12-8-9-13-24(23)34)18-27-31(37)36-29(26-14-10-15-42-26)28(32(38)40-7-3)20(4)35-33(36)43-27/h5,8-10,12-18,29H,1,6-7,11,19H2,2-4H3/b27-18+/t29-/m1/s1. The Morgan fingerprint density at radius 2 is 1.93 bits per heavy atom. The summed E-state index contributed by atoms with van der Waals surface area (Å²) in [5.74, 6) is 0.691. The van der Waals surface area contributed by atoms with Gasteiger partial charge in [-0.25, -0.2) is 9.79 Å². The lowest BCUT2D eigenvalue weighted by atomic mass is 10.0. The van der Waals surface area contributed by atoms with E-state index in [2.05, 4.69) is 11.6 Å². The van der Waals surface area contributed by atoms with Crippen LogP contribution in [0.5, 0.6) is 11.5 Å². The Morgan fingerprint density at radius 3 is 2.63 bits per heavy atom. The molecular formula is C33H31ClN2O5S2. The highest BCUT2D eigenvalue weighted by Crippen LogP contribution is 2.36. The zero-order valence-corrected chi connectivity index (χ0v) is 26.5. The number of nitrogens with zero attached hydrogens (tertiary/aromatic N) is 2. The largest absolute Gasteiger partial charge is 0.490 e. The molecule has 0 spiro atoms. The maximum Gasteiger partial charge on any atom is 0.338 e. The van der Waals surface area contributed by atoms with E-state index < -0.39 is 12.0 Å². The van der Waals surface area contributed by atoms with Crippen molar-refractivity contribution in [1.82, 2.24) is 4.57 Å². The third kappa shape index (κ3) is 6.39. The van der Waals surface area contributed by atoms with Gasteiger partial charge >= 0.3 is 5.97 Å². The summed E-state index contributed by atoms with van der Waals surface area (Å²) in [4.78, 5) is 33.0. The number of fused-ring (bicyclic) bond motifs is 1. The van der Waals surface area contributed by atoms with Crippen LogP contribution in [0.3, 0.4) is 0 Å². The highest BCUT2D eigenvalue weighted by molar-refractivity contribution is 7.10. The maximum absolute atomic E-state index is 14.0. The maximum atomic E-state index is 14.0. The fourth-order valence-electron chi connectivity index (χ4n) is 4.92. The molecule has 222 valence electrons. The first-order valence-electron chi connectivity index (χ1n) is 13.9. The van der Waals surface area contributed by atoms with E-state index in [9.17, 15) is 9.59 Å². The molecule has 1 atom stereocenters. The zero-order valence-electron chi connectivity index (χ0n) is 24.1. The number of halogens is 1. The number of benzene rings is 2. The van der Waals surface area contributed by atoms with Crippen LogP contribution in [-0.2, 0) is 22.6 Å². The van der Waals surface area contributed by atoms with Crippen molar-refractivity contribution in [3.63, 3.8) is 0 Å². The molecule has 2 aromatic heterocycles. The topological polar surface area (TPSA) is 79.1 Å². The van der Waals surface area contributed by atoms with Crippen LogP contribution in [0, 0.1) is 0 Å². The third-order valence-corrected chi connectivity index (χ3v) is 9.05. The fourth-order valence-corrected chi connectivity index (χ4v) is 6.99. The second kappa shape index (κ2) is 13.6. The quantitative estimate of drug-likeness (QED) is 0.145. The summed E-state index contributed by atoms with van der Waals surface area (Å²) in [6.07, 6.45) is 4.15. The first-order valence-corrected chi connectivity index (χ1v) is 15.9. The highest BCUT2D eigenvalue weighted by Gasteiger charge is 2.34. The molecule has 0 bridgehead atoms. The average Bonchev–Trinajstić information content (AvgIpc) is 3.62. The Balaban J connectivity index is 1.61. The number of hydrogen-bond acceptors (Lipinski definition) is 8. The minimum atomic E-state index is -0.617. The molecule has 3 heterocycles. The number of esters is 1. The van der Waals surface area contributed by atoms with Gasteiger partial charge in [0.1, 0.15) is 12.6 Å². The Morgan fingerprint density at radius 1 is 1.12 bits per heavy atom. The molecule has 2 aromatic carbocycles. The highest BCUT2D eigenvalue weighted by atomic mass is 35.5. The molecule has 0 radical (unpaired) electrons. The summed E-state index contributed by atoms with van der Waals surface area (Å²) in [5, 5.41) is 2.55. The van der Waals surface area contributed by atoms with E-state index in [-0.39, 0.29) is 18.8 Å². The van der Waals surface area contributed by atoms with E-state index in [4.69, 9.17) is 25.8 Å². The fraction of sp³-hybridized carbons (Fsp3) is 0.242. The van der Waals surface area contributed by atoms with Gasteiger partial charge in [0.25, 0.3) is 5.56 Å². The third-order valence-electron chi connectivity index (χ3n) is 6.78. The molecule has 0 aliphatic carbocycles. The van der Waals surface area contributed by atoms with Crippen molar-refractivity contribution in [3.8, 4) is 11.5 Å². The molecule has 4 aromatic rings. The van der Waals surface area contributed by atoms with Gasteiger partial charge in [-0.3, -0.25) is 9.36 Å². The van der Waals surface area contributed by atoms with Crippen LogP contribution < -0.4 is 24.4 Å². The number of allylic oxidation sites excluding steroid dienone is 2. The lowest BCUT2D eigenvalue weighted by molar-refractivity contribution is -0.139. The van der Waals surface area contributed by atoms with Crippen LogP contribution in [0.15, 0.2) is 87.6 Å². The number of aromatic nitrogens is 1. The number of thiazole rings is 1. The van der Waals surface area contributed by atoms with Crippen molar-refractivity contribution < 1.29 is 19.0 Å². The van der Waals surface area contributed by atoms with E-state index in [0.717, 1.165) is 21.6 Å². The predicted molar refractivity (Wildman–Crippen MR) is 172 cm³/mol. The van der Waals surface area contributed by atoms with Gasteiger partial charge in [-0.15, -0.1) is 17.9 Å². The summed E-state index contributed by atoms with van der Waals surface area (Å²) in [5.41, 5.74) is 3.16. The van der Waals surface area contributed by atoms with Crippen LogP contribution in [0.2, 0.25) is 5.02 Å². The molecule has 43 heavy (non-hydrogen) atoms. The van der Waals surface area contributed by atoms with Crippen LogP contribution in [-0.4, -0.2) is 23.8 Å². The molecular weight excluding hydrogens is 604 g/mol. The monoisotopic (exact) mass is 634 g/mol. The molecule has 10 heteroatoms. The van der Waals surface area contributed by atoms with Crippen molar-refractivity contribution in [2.24, 2.45) is 4.99 Å². The summed E-state index contributed by atoms with van der Waals surface area (Å²) >= 11 is 9.12. The van der Waals surface area contributed by atoms with Gasteiger partial charge in [0.2, 0.25) is 0 Å². The Kier molecular flexibility index (Phi) is 9.65. The summed E-state index contributed by atoms with van der Waals surface area (Å²) in [6.45, 7) is 10.3. The molecule has 5 rings (SSSR count). The van der Waals surface area contributed by atoms with Crippen LogP contribution in [0.4, 0.5) is 0 Å². The molecule has 0 fully saturated rings. The molecule has 7 nitrogen and oxygen atoms in total. The second-order valence-corrected chi connectivity index (χ2v) is 12.0. The Bertz CT molecular complexity index is 1870. The van der Waals surface area contributed by atoms with Gasteiger partial charge in [0, 0.05) is 21.0 Å². The van der Waals surface area contributed by atoms with Crippen molar-refractivity contribution in [3.05, 3.63) is 124 Å². The number of carbonyl (C=O) groups is 1. The predicted octanol–water partition coefficient (Wildman–Crippen LogP) is 6.22. The van der Waals surface area contributed by atoms with Crippen LogP contribution in [0.1, 0.15) is 48.4 Å². The van der Waals surface area contributed by atoms with E-state index in [0.29, 0.717) is 50.2 Å². The second-order valence-electron chi connectivity index (χ2n) is 9.63. The molecule has 1 aliphatic rings. The number of ether oxygens (including phenoxy) is 3. The first kappa shape index (κ1) is 30.5. The van der Waals surface area contributed by atoms with Crippen molar-refractivity contribution in [2.75, 3.05) is 13.2 Å². The summed E-state index contributed by atoms with van der Waals surface area (Å²) in [6, 6.07) is 14.6. The van der Waals surface area contributed by atoms with E-state index >= 15 is 0 Å². The average molecular weight is 635 g/mol. The number of carbonyl (C=O) groups excluding carboxylic acids is 1. The van der Waals surface area contributed by atoms with Gasteiger partial charge in [-0.05, 0) is 68.5 Å². The lowest BCUT2D eigenvalue weighted by Gasteiger charge is -2.23. The SMILES string of the molecule is C=CCc1cc(/C=c2/sc3n(c2=O)[C@H](c2cccs2)C(C(=O)OCC)=C(C)N=3)cc(OCC)c1OCc1ccccc1Cl. The van der Waals surface area contributed by atoms with E-state index in [1.807, 2.05) is 66.9 Å². The van der Waals surface area contributed by atoms with Gasteiger partial charge in [-0.1, -0.05) is 53.3 Å². The van der Waals surface area contributed by atoms with Crippen LogP contribution >= 0.6 is 34.3 Å². The van der Waals surface area contributed by atoms with Gasteiger partial charge < -0.3 is 14.2 Å². The van der Waals surface area contributed by atoms with Crippen molar-refractivity contribution >= 4 is 46.3 Å². The normalized spacial score (nSPS) is 14.7. The van der Waals surface area contributed by atoms with Crippen molar-refractivity contribution in [2.45, 2.75) is 39.8 Å². The van der Waals surface area contributed by atoms with E-state index in [1.54, 1.807) is 24.5 Å². The number of thiophene rings is 1. The first-order chi connectivity index (χ1) is 20.9. The van der Waals surface area contributed by atoms with Crippen molar-refractivity contribution in [1.29, 1.82) is 0 Å². The Hall–Kier alpha value is -3.92. The zero-order chi connectivity index (χ0) is 30.5. The molecule has 0 saturated heterocycles. The lowest BCUT2D eigenvalue weighted by Crippen LogP contribution is -2.39. The minimum Gasteiger partial charge on any atom is -0.490 e. The summed E-state index contributed by atoms with van der Waals surface area (Å²) in [7, 11) is 0. The molecule has 0 amide bonds. The van der Waals surface area contributed by atoms with Gasteiger partial charge in [0.05, 0.1) is 29.0 Å². The summed E-state index contributed by atoms with van der Waals surface area (Å²) < 4.78 is 19.7. The van der Waals surface area contributed by atoms with Gasteiger partial charge in [-0.2, -0.15) is 0 Å². The molecule has 1 aliphatic heterocycles. The smallest absolute Gasteiger partial charge is 0.338 e. The molecule has 0 unspecified atom stereocenters. The molecule has 0 N–H and O–H groups in total. The minimum absolute atomic E-state index is 0.227. The van der Waals surface area contributed by atoms with E-state index in [1.165, 1.54) is 22.7 Å². The van der Waals surface area contributed by atoms with Gasteiger partial charge in [0.15, 0.2) is 16.3 Å². The number of hydrogen-bond donors (Lipinski definition) is 0. The Labute approximate surface area is 262 Å². The number of rotatable bonds is 11.